The van der Waals surface area contributed by atoms with Gasteiger partial charge >= 0.3 is 0 Å². The average molecular weight is 412 g/mol. The van der Waals surface area contributed by atoms with Crippen molar-refractivity contribution >= 4 is 40.4 Å². The van der Waals surface area contributed by atoms with E-state index in [1.165, 1.54) is 11.3 Å². The summed E-state index contributed by atoms with van der Waals surface area (Å²) in [4.78, 5) is 20.6. The van der Waals surface area contributed by atoms with Gasteiger partial charge in [-0.15, -0.1) is 11.3 Å². The van der Waals surface area contributed by atoms with E-state index in [0.29, 0.717) is 18.1 Å². The Balaban J connectivity index is 1.47. The van der Waals surface area contributed by atoms with Crippen LogP contribution in [-0.2, 0) is 0 Å². The molecule has 0 saturated heterocycles. The summed E-state index contributed by atoms with van der Waals surface area (Å²) in [5, 5.41) is 12.1. The summed E-state index contributed by atoms with van der Waals surface area (Å²) < 4.78 is 0. The van der Waals surface area contributed by atoms with E-state index >= 15 is 0 Å². The van der Waals surface area contributed by atoms with E-state index < -0.39 is 0 Å². The molecule has 3 aromatic rings. The highest BCUT2D eigenvalue weighted by Gasteiger charge is 2.20. The van der Waals surface area contributed by atoms with E-state index in [9.17, 15) is 4.79 Å². The number of halogens is 1. The van der Waals surface area contributed by atoms with Crippen LogP contribution in [0.3, 0.4) is 0 Å². The fourth-order valence-corrected chi connectivity index (χ4v) is 3.69. The molecule has 1 unspecified atom stereocenters. The lowest BCUT2D eigenvalue weighted by Gasteiger charge is -2.28. The number of aromatic nitrogens is 1. The Morgan fingerprint density at radius 1 is 1.25 bits per heavy atom. The summed E-state index contributed by atoms with van der Waals surface area (Å²) in [7, 11) is 0. The number of anilines is 1. The van der Waals surface area contributed by atoms with Gasteiger partial charge in [0.15, 0.2) is 0 Å². The first-order valence-corrected chi connectivity index (χ1v) is 10.0. The van der Waals surface area contributed by atoms with Crippen molar-refractivity contribution in [1.82, 2.24) is 15.6 Å². The summed E-state index contributed by atoms with van der Waals surface area (Å²) in [6, 6.07) is 13.4. The van der Waals surface area contributed by atoms with Crippen LogP contribution in [0.4, 0.5) is 5.69 Å². The molecule has 1 aliphatic rings. The van der Waals surface area contributed by atoms with Crippen LogP contribution in [0.5, 0.6) is 0 Å². The second kappa shape index (κ2) is 8.10. The Kier molecular flexibility index (Phi) is 5.38. The number of benzene rings is 2. The topological polar surface area (TPSA) is 78.4 Å². The van der Waals surface area contributed by atoms with Crippen LogP contribution in [0.25, 0.3) is 0 Å². The number of hydrogen-bond donors (Lipinski definition) is 3. The zero-order chi connectivity index (χ0) is 19.5. The molecule has 0 fully saturated rings. The smallest absolute Gasteiger partial charge is 0.275 e. The van der Waals surface area contributed by atoms with Crippen LogP contribution in [0, 0.1) is 6.92 Å². The largest absolute Gasteiger partial charge is 0.350 e. The van der Waals surface area contributed by atoms with Gasteiger partial charge in [-0.05, 0) is 48.4 Å². The third kappa shape index (κ3) is 3.91. The predicted octanol–water partition coefficient (Wildman–Crippen LogP) is 3.95. The van der Waals surface area contributed by atoms with Gasteiger partial charge in [-0.2, -0.15) is 0 Å². The minimum Gasteiger partial charge on any atom is -0.350 e. The van der Waals surface area contributed by atoms with Crippen LogP contribution in [0.2, 0.25) is 5.02 Å². The summed E-state index contributed by atoms with van der Waals surface area (Å²) in [6.07, 6.45) is -0.0738. The van der Waals surface area contributed by atoms with Crippen LogP contribution < -0.4 is 16.0 Å². The zero-order valence-corrected chi connectivity index (χ0v) is 16.6. The van der Waals surface area contributed by atoms with Crippen LogP contribution in [0.15, 0.2) is 58.3 Å². The minimum atomic E-state index is -0.220. The van der Waals surface area contributed by atoms with Crippen LogP contribution in [-0.4, -0.2) is 23.4 Å². The van der Waals surface area contributed by atoms with Gasteiger partial charge in [-0.3, -0.25) is 15.1 Å². The third-order valence-electron chi connectivity index (χ3n) is 4.52. The Bertz CT molecular complexity index is 1020. The first-order valence-electron chi connectivity index (χ1n) is 8.71. The van der Waals surface area contributed by atoms with E-state index in [1.54, 1.807) is 10.9 Å². The molecular weight excluding hydrogens is 394 g/mol. The lowest BCUT2D eigenvalue weighted by molar-refractivity contribution is 0.102. The lowest BCUT2D eigenvalue weighted by Crippen LogP contribution is -2.43. The standard InChI is InChI=1S/C20H18ClN5OS/c1-12-15(3-2-4-16(12)21)19-23-10-22-18(26-19)13-5-7-14(8-6-13)25-20(27)17-9-28-11-24-17/h2-9,11,19,23H,10H2,1H3,(H,22,26)(H,25,27). The van der Waals surface area contributed by atoms with E-state index in [2.05, 4.69) is 25.9 Å². The third-order valence-corrected chi connectivity index (χ3v) is 5.51. The molecular formula is C20H18ClN5OS. The first-order chi connectivity index (χ1) is 13.6. The summed E-state index contributed by atoms with van der Waals surface area (Å²) in [5.41, 5.74) is 5.83. The van der Waals surface area contributed by atoms with Gasteiger partial charge in [0.2, 0.25) is 0 Å². The summed E-state index contributed by atoms with van der Waals surface area (Å²) in [5.74, 6) is 0.573. The first kappa shape index (κ1) is 18.6. The molecule has 1 amide bonds. The summed E-state index contributed by atoms with van der Waals surface area (Å²) >= 11 is 7.65. The van der Waals surface area contributed by atoms with Crippen molar-refractivity contribution in [3.8, 4) is 0 Å². The number of amidine groups is 1. The summed E-state index contributed by atoms with van der Waals surface area (Å²) in [6.45, 7) is 2.51. The Hall–Kier alpha value is -2.74. The highest BCUT2D eigenvalue weighted by atomic mass is 35.5. The van der Waals surface area contributed by atoms with Crippen molar-refractivity contribution in [2.75, 3.05) is 12.0 Å². The SMILES string of the molecule is Cc1c(Cl)cccc1C1NCN=C(c2ccc(NC(=O)c3cscn3)cc2)N1. The molecule has 142 valence electrons. The highest BCUT2D eigenvalue weighted by molar-refractivity contribution is 7.07. The molecule has 2 aromatic carbocycles. The Labute approximate surface area is 171 Å². The maximum Gasteiger partial charge on any atom is 0.275 e. The molecule has 1 aromatic heterocycles. The fraction of sp³-hybridized carbons (Fsp3) is 0.150. The van der Waals surface area contributed by atoms with Crippen molar-refractivity contribution in [2.24, 2.45) is 4.99 Å². The second-order valence-electron chi connectivity index (χ2n) is 6.31. The number of hydrogen-bond acceptors (Lipinski definition) is 6. The second-order valence-corrected chi connectivity index (χ2v) is 7.43. The highest BCUT2D eigenvalue weighted by Crippen LogP contribution is 2.24. The molecule has 6 nitrogen and oxygen atoms in total. The molecule has 3 N–H and O–H groups in total. The molecule has 0 aliphatic carbocycles. The van der Waals surface area contributed by atoms with Crippen molar-refractivity contribution in [3.05, 3.63) is 80.8 Å². The number of aliphatic imine (C=N–C) groups is 1. The zero-order valence-electron chi connectivity index (χ0n) is 15.1. The van der Waals surface area contributed by atoms with Gasteiger partial charge in [-0.25, -0.2) is 4.98 Å². The van der Waals surface area contributed by atoms with Gasteiger partial charge in [-0.1, -0.05) is 23.7 Å². The lowest BCUT2D eigenvalue weighted by atomic mass is 10.0. The monoisotopic (exact) mass is 411 g/mol. The van der Waals surface area contributed by atoms with Crippen LogP contribution >= 0.6 is 22.9 Å². The average Bonchev–Trinajstić information content (AvgIpc) is 3.26. The molecule has 1 aliphatic heterocycles. The van der Waals surface area contributed by atoms with Gasteiger partial charge in [0, 0.05) is 21.7 Å². The number of amides is 1. The quantitative estimate of drug-likeness (QED) is 0.607. The van der Waals surface area contributed by atoms with Gasteiger partial charge in [0.1, 0.15) is 17.7 Å². The number of rotatable bonds is 4. The maximum absolute atomic E-state index is 12.1. The molecule has 0 saturated carbocycles. The number of nitrogens with zero attached hydrogens (tertiary/aromatic N) is 2. The molecule has 28 heavy (non-hydrogen) atoms. The predicted molar refractivity (Wildman–Crippen MR) is 113 cm³/mol. The molecule has 8 heteroatoms. The molecule has 0 bridgehead atoms. The van der Waals surface area contributed by atoms with E-state index in [-0.39, 0.29) is 12.1 Å². The van der Waals surface area contributed by atoms with Gasteiger partial charge in [0.05, 0.1) is 12.2 Å². The fourth-order valence-electron chi connectivity index (χ4n) is 2.98. The molecule has 0 radical (unpaired) electrons. The number of carbonyl (C=O) groups is 1. The maximum atomic E-state index is 12.1. The van der Waals surface area contributed by atoms with Crippen molar-refractivity contribution in [1.29, 1.82) is 0 Å². The Morgan fingerprint density at radius 2 is 2.07 bits per heavy atom. The Morgan fingerprint density at radius 3 is 2.82 bits per heavy atom. The van der Waals surface area contributed by atoms with Crippen molar-refractivity contribution in [2.45, 2.75) is 13.1 Å². The molecule has 2 heterocycles. The van der Waals surface area contributed by atoms with Crippen LogP contribution in [0.1, 0.15) is 33.3 Å². The molecule has 1 atom stereocenters. The number of thiazole rings is 1. The molecule has 4 rings (SSSR count). The normalized spacial score (nSPS) is 16.2. The molecule has 0 spiro atoms. The van der Waals surface area contributed by atoms with Crippen molar-refractivity contribution < 1.29 is 4.79 Å². The minimum absolute atomic E-state index is 0.0738. The number of nitrogens with one attached hydrogen (secondary N) is 3. The van der Waals surface area contributed by atoms with E-state index in [1.807, 2.05) is 49.4 Å². The van der Waals surface area contributed by atoms with E-state index in [4.69, 9.17) is 11.6 Å². The number of carbonyl (C=O) groups excluding carboxylic acids is 1. The van der Waals surface area contributed by atoms with Gasteiger partial charge < -0.3 is 10.6 Å². The van der Waals surface area contributed by atoms with E-state index in [0.717, 1.165) is 27.5 Å². The van der Waals surface area contributed by atoms with Gasteiger partial charge in [0.25, 0.3) is 5.91 Å². The van der Waals surface area contributed by atoms with Crippen molar-refractivity contribution in [3.63, 3.8) is 0 Å².